The molecule has 3 aromatic heterocycles. The average Bonchev–Trinajstić information content (AvgIpc) is 3.90. The average molecular weight is 789 g/mol. The first-order valence-corrected chi connectivity index (χ1v) is 21.2. The van der Waals surface area contributed by atoms with Crippen molar-refractivity contribution in [1.29, 1.82) is 0 Å². The third-order valence-electron chi connectivity index (χ3n) is 12.7. The van der Waals surface area contributed by atoms with Crippen LogP contribution in [0.25, 0.3) is 121 Å². The van der Waals surface area contributed by atoms with Crippen LogP contribution in [0.2, 0.25) is 0 Å². The maximum Gasteiger partial charge on any atom is 0.145 e. The number of para-hydroxylation sites is 3. The Balaban J connectivity index is 1.04. The summed E-state index contributed by atoms with van der Waals surface area (Å²) in [7, 11) is 0. The van der Waals surface area contributed by atoms with Gasteiger partial charge in [0.2, 0.25) is 0 Å². The van der Waals surface area contributed by atoms with E-state index < -0.39 is 0 Å². The van der Waals surface area contributed by atoms with Gasteiger partial charge in [0.05, 0.1) is 39.0 Å². The predicted octanol–water partition coefficient (Wildman–Crippen LogP) is 15.1. The van der Waals surface area contributed by atoms with E-state index in [9.17, 15) is 0 Å². The molecule has 0 unspecified atom stereocenters. The lowest BCUT2D eigenvalue weighted by Gasteiger charge is -2.15. The maximum atomic E-state index is 5.57. The van der Waals surface area contributed by atoms with E-state index in [0.717, 1.165) is 83.5 Å². The molecule has 0 fully saturated rings. The highest BCUT2D eigenvalue weighted by Crippen LogP contribution is 2.42. The Hall–Kier alpha value is -8.34. The largest absolute Gasteiger partial charge is 0.307 e. The van der Waals surface area contributed by atoms with Crippen LogP contribution in [0.1, 0.15) is 0 Å². The third-order valence-corrected chi connectivity index (χ3v) is 12.7. The van der Waals surface area contributed by atoms with Gasteiger partial charge in [-0.25, -0.2) is 9.97 Å². The standard InChI is InChI=1S/C58H36N4/c1-3-16-37(17-4-1)55-48-27-12-10-25-45(48)49-32-33-50-47-31-30-39(35-53(47)61(57(50)56(49)60-55)42-21-5-2-6-22-42)38-19-15-20-41(34-38)58-59-51-28-13-14-29-52(51)62(58)54-36-40-18-7-8-23-43(40)44-24-9-11-26-46(44)54/h1-36H. The molecule has 0 atom stereocenters. The third kappa shape index (κ3) is 5.20. The van der Waals surface area contributed by atoms with Gasteiger partial charge in [-0.2, -0.15) is 0 Å². The minimum atomic E-state index is 0.909. The maximum absolute atomic E-state index is 5.57. The molecule has 0 aliphatic rings. The highest BCUT2D eigenvalue weighted by molar-refractivity contribution is 6.23. The summed E-state index contributed by atoms with van der Waals surface area (Å²) in [5.41, 5.74) is 12.9. The number of hydrogen-bond acceptors (Lipinski definition) is 2. The molecule has 13 rings (SSSR count). The van der Waals surface area contributed by atoms with Gasteiger partial charge in [-0.15, -0.1) is 0 Å². The van der Waals surface area contributed by atoms with Crippen LogP contribution in [-0.4, -0.2) is 19.1 Å². The van der Waals surface area contributed by atoms with Crippen LogP contribution in [-0.2, 0) is 0 Å². The number of rotatable bonds is 5. The second-order valence-electron chi connectivity index (χ2n) is 16.1. The van der Waals surface area contributed by atoms with Crippen molar-refractivity contribution in [3.8, 4) is 45.1 Å². The summed E-state index contributed by atoms with van der Waals surface area (Å²) in [4.78, 5) is 10.9. The monoisotopic (exact) mass is 788 g/mol. The molecule has 0 saturated carbocycles. The second-order valence-corrected chi connectivity index (χ2v) is 16.1. The van der Waals surface area contributed by atoms with Crippen LogP contribution in [0.5, 0.6) is 0 Å². The van der Waals surface area contributed by atoms with E-state index in [2.05, 4.69) is 228 Å². The molecule has 0 aliphatic heterocycles. The molecular formula is C58H36N4. The van der Waals surface area contributed by atoms with Crippen molar-refractivity contribution in [2.45, 2.75) is 0 Å². The fraction of sp³-hybridized carbons (Fsp3) is 0. The van der Waals surface area contributed by atoms with E-state index in [1.807, 2.05) is 0 Å². The Labute approximate surface area is 357 Å². The molecule has 0 spiro atoms. The van der Waals surface area contributed by atoms with Crippen LogP contribution in [0.4, 0.5) is 0 Å². The number of imidazole rings is 1. The molecule has 4 nitrogen and oxygen atoms in total. The molecule has 0 amide bonds. The van der Waals surface area contributed by atoms with Crippen molar-refractivity contribution in [2.24, 2.45) is 0 Å². The van der Waals surface area contributed by atoms with E-state index in [1.165, 1.54) is 37.7 Å². The van der Waals surface area contributed by atoms with E-state index in [1.54, 1.807) is 0 Å². The SMILES string of the molecule is c1ccc(-c2nc3c(ccc4c5ccc(-c6cccc(-c7nc8ccccc8n7-c7cc8ccccc8c8ccccc78)c6)cc5n(-c5ccccc5)c43)c3ccccc23)cc1. The summed E-state index contributed by atoms with van der Waals surface area (Å²) in [6.45, 7) is 0. The van der Waals surface area contributed by atoms with Crippen LogP contribution in [0.15, 0.2) is 218 Å². The molecule has 13 aromatic rings. The zero-order valence-corrected chi connectivity index (χ0v) is 33.6. The van der Waals surface area contributed by atoms with Gasteiger partial charge in [0.15, 0.2) is 0 Å². The summed E-state index contributed by atoms with van der Waals surface area (Å²) in [5, 5.41) is 10.7. The molecule has 0 bridgehead atoms. The molecule has 10 aromatic carbocycles. The van der Waals surface area contributed by atoms with Gasteiger partial charge in [0.25, 0.3) is 0 Å². The minimum absolute atomic E-state index is 0.909. The highest BCUT2D eigenvalue weighted by Gasteiger charge is 2.21. The fourth-order valence-corrected chi connectivity index (χ4v) is 9.88. The number of nitrogens with zero attached hydrogens (tertiary/aromatic N) is 4. The zero-order valence-electron chi connectivity index (χ0n) is 33.6. The van der Waals surface area contributed by atoms with Crippen LogP contribution < -0.4 is 0 Å². The van der Waals surface area contributed by atoms with Crippen molar-refractivity contribution >= 4 is 76.1 Å². The fourth-order valence-electron chi connectivity index (χ4n) is 9.88. The van der Waals surface area contributed by atoms with Gasteiger partial charge in [-0.1, -0.05) is 176 Å². The predicted molar refractivity (Wildman–Crippen MR) is 260 cm³/mol. The van der Waals surface area contributed by atoms with Gasteiger partial charge in [0, 0.05) is 43.7 Å². The molecular weight excluding hydrogens is 753 g/mol. The molecule has 288 valence electrons. The summed E-state index contributed by atoms with van der Waals surface area (Å²) >= 11 is 0. The van der Waals surface area contributed by atoms with Crippen LogP contribution in [0.3, 0.4) is 0 Å². The summed E-state index contributed by atoms with van der Waals surface area (Å²) < 4.78 is 4.77. The molecule has 0 aliphatic carbocycles. The number of aromatic nitrogens is 4. The van der Waals surface area contributed by atoms with Crippen LogP contribution >= 0.6 is 0 Å². The number of pyridine rings is 1. The Morgan fingerprint density at radius 1 is 0.323 bits per heavy atom. The van der Waals surface area contributed by atoms with E-state index in [-0.39, 0.29) is 0 Å². The quantitative estimate of drug-likeness (QED) is 0.163. The Bertz CT molecular complexity index is 3920. The summed E-state index contributed by atoms with van der Waals surface area (Å²) in [6.07, 6.45) is 0. The van der Waals surface area contributed by atoms with Crippen molar-refractivity contribution < 1.29 is 0 Å². The Kier molecular flexibility index (Phi) is 7.57. The van der Waals surface area contributed by atoms with Crippen LogP contribution in [0, 0.1) is 0 Å². The lowest BCUT2D eigenvalue weighted by Crippen LogP contribution is -1.99. The van der Waals surface area contributed by atoms with Crippen molar-refractivity contribution in [3.05, 3.63) is 218 Å². The lowest BCUT2D eigenvalue weighted by atomic mass is 9.98. The van der Waals surface area contributed by atoms with Gasteiger partial charge in [-0.3, -0.25) is 4.57 Å². The first-order chi connectivity index (χ1) is 30.8. The van der Waals surface area contributed by atoms with E-state index in [0.29, 0.717) is 0 Å². The molecule has 0 saturated heterocycles. The molecule has 0 radical (unpaired) electrons. The molecule has 3 heterocycles. The van der Waals surface area contributed by atoms with Crippen molar-refractivity contribution in [1.82, 2.24) is 19.1 Å². The molecule has 0 N–H and O–H groups in total. The normalized spacial score (nSPS) is 11.9. The van der Waals surface area contributed by atoms with Crippen molar-refractivity contribution in [3.63, 3.8) is 0 Å². The van der Waals surface area contributed by atoms with Gasteiger partial charge in [0.1, 0.15) is 5.82 Å². The smallest absolute Gasteiger partial charge is 0.145 e. The number of benzene rings is 10. The van der Waals surface area contributed by atoms with Gasteiger partial charge >= 0.3 is 0 Å². The Morgan fingerprint density at radius 2 is 0.935 bits per heavy atom. The van der Waals surface area contributed by atoms with E-state index >= 15 is 0 Å². The van der Waals surface area contributed by atoms with Gasteiger partial charge < -0.3 is 4.57 Å². The molecule has 4 heteroatoms. The van der Waals surface area contributed by atoms with E-state index in [4.69, 9.17) is 9.97 Å². The minimum Gasteiger partial charge on any atom is -0.307 e. The molecule has 62 heavy (non-hydrogen) atoms. The Morgan fingerprint density at radius 3 is 1.77 bits per heavy atom. The summed E-state index contributed by atoms with van der Waals surface area (Å²) in [5.74, 6) is 0.909. The second kappa shape index (κ2) is 13.6. The zero-order chi connectivity index (χ0) is 40.7. The number of hydrogen-bond donors (Lipinski definition) is 0. The first-order valence-electron chi connectivity index (χ1n) is 21.2. The number of fused-ring (bicyclic) bond motifs is 11. The topological polar surface area (TPSA) is 35.6 Å². The summed E-state index contributed by atoms with van der Waals surface area (Å²) in [6, 6.07) is 78.5. The lowest BCUT2D eigenvalue weighted by molar-refractivity contribution is 1.12. The first kappa shape index (κ1) is 34.5. The van der Waals surface area contributed by atoms with Crippen molar-refractivity contribution in [2.75, 3.05) is 0 Å². The highest BCUT2D eigenvalue weighted by atomic mass is 15.1. The van der Waals surface area contributed by atoms with Gasteiger partial charge in [-0.05, 0) is 75.1 Å².